The average molecular weight is 286 g/mol. The van der Waals surface area contributed by atoms with Gasteiger partial charge in [-0.2, -0.15) is 4.39 Å². The number of benzene rings is 1. The lowest BCUT2D eigenvalue weighted by Crippen LogP contribution is -2.05. The molecule has 0 spiro atoms. The Morgan fingerprint density at radius 3 is 2.74 bits per heavy atom. The lowest BCUT2D eigenvalue weighted by atomic mass is 10.2. The van der Waals surface area contributed by atoms with Crippen molar-refractivity contribution in [1.29, 1.82) is 0 Å². The molecule has 0 bridgehead atoms. The van der Waals surface area contributed by atoms with Crippen LogP contribution in [0.15, 0.2) is 24.4 Å². The average Bonchev–Trinajstić information content (AvgIpc) is 2.41. The standard InChI is InChI=1S/C12H10ClF2N3O/c1-19-8-3-2-7(10(14)11(8)15)6-17-9-4-5-16-12(13)18-9/h2-5H,6H2,1H3,(H,16,17,18). The van der Waals surface area contributed by atoms with Gasteiger partial charge in [-0.3, -0.25) is 0 Å². The topological polar surface area (TPSA) is 47.0 Å². The maximum absolute atomic E-state index is 13.7. The van der Waals surface area contributed by atoms with Gasteiger partial charge in [0.15, 0.2) is 11.6 Å². The predicted octanol–water partition coefficient (Wildman–Crippen LogP) is 3.03. The highest BCUT2D eigenvalue weighted by atomic mass is 35.5. The molecule has 1 N–H and O–H groups in total. The highest BCUT2D eigenvalue weighted by Gasteiger charge is 2.13. The van der Waals surface area contributed by atoms with Crippen molar-refractivity contribution in [1.82, 2.24) is 9.97 Å². The first kappa shape index (κ1) is 13.5. The Bertz CT molecular complexity index is 595. The van der Waals surface area contributed by atoms with Crippen LogP contribution in [0, 0.1) is 11.6 Å². The van der Waals surface area contributed by atoms with Gasteiger partial charge >= 0.3 is 0 Å². The van der Waals surface area contributed by atoms with E-state index < -0.39 is 11.6 Å². The Morgan fingerprint density at radius 2 is 2.05 bits per heavy atom. The second-order valence-electron chi connectivity index (χ2n) is 3.62. The molecular weight excluding hydrogens is 276 g/mol. The first-order valence-electron chi connectivity index (χ1n) is 5.35. The number of aromatic nitrogens is 2. The first-order valence-corrected chi connectivity index (χ1v) is 5.73. The third-order valence-electron chi connectivity index (χ3n) is 2.43. The van der Waals surface area contributed by atoms with Crippen molar-refractivity contribution >= 4 is 17.4 Å². The number of anilines is 1. The fraction of sp³-hybridized carbons (Fsp3) is 0.167. The van der Waals surface area contributed by atoms with Crippen molar-refractivity contribution in [2.75, 3.05) is 12.4 Å². The maximum Gasteiger partial charge on any atom is 0.224 e. The van der Waals surface area contributed by atoms with E-state index in [-0.39, 0.29) is 23.1 Å². The summed E-state index contributed by atoms with van der Waals surface area (Å²) in [6, 6.07) is 4.37. The van der Waals surface area contributed by atoms with Crippen LogP contribution in [-0.2, 0) is 6.54 Å². The van der Waals surface area contributed by atoms with Crippen molar-refractivity contribution in [3.05, 3.63) is 46.9 Å². The lowest BCUT2D eigenvalue weighted by Gasteiger charge is -2.09. The molecule has 0 amide bonds. The number of nitrogens with zero attached hydrogens (tertiary/aromatic N) is 2. The molecular formula is C12H10ClF2N3O. The molecule has 0 aliphatic carbocycles. The van der Waals surface area contributed by atoms with Gasteiger partial charge in [-0.05, 0) is 23.7 Å². The van der Waals surface area contributed by atoms with Gasteiger partial charge in [0.2, 0.25) is 11.1 Å². The van der Waals surface area contributed by atoms with Gasteiger partial charge < -0.3 is 10.1 Å². The zero-order valence-corrected chi connectivity index (χ0v) is 10.7. The third kappa shape index (κ3) is 3.08. The predicted molar refractivity (Wildman–Crippen MR) is 67.3 cm³/mol. The monoisotopic (exact) mass is 285 g/mol. The Morgan fingerprint density at radius 1 is 1.26 bits per heavy atom. The van der Waals surface area contributed by atoms with E-state index in [4.69, 9.17) is 11.6 Å². The van der Waals surface area contributed by atoms with Crippen molar-refractivity contribution in [3.63, 3.8) is 0 Å². The van der Waals surface area contributed by atoms with Crippen LogP contribution in [0.25, 0.3) is 0 Å². The summed E-state index contributed by atoms with van der Waals surface area (Å²) in [4.78, 5) is 7.59. The Hall–Kier alpha value is -1.95. The minimum Gasteiger partial charge on any atom is -0.494 e. The SMILES string of the molecule is COc1ccc(CNc2ccnc(Cl)n2)c(F)c1F. The maximum atomic E-state index is 13.7. The van der Waals surface area contributed by atoms with Crippen molar-refractivity contribution in [3.8, 4) is 5.75 Å². The molecule has 0 fully saturated rings. The van der Waals surface area contributed by atoms with Gasteiger partial charge in [0.05, 0.1) is 7.11 Å². The van der Waals surface area contributed by atoms with E-state index in [1.807, 2.05) is 0 Å². The lowest BCUT2D eigenvalue weighted by molar-refractivity contribution is 0.370. The second-order valence-corrected chi connectivity index (χ2v) is 3.96. The molecule has 1 aromatic carbocycles. The zero-order chi connectivity index (χ0) is 13.8. The zero-order valence-electron chi connectivity index (χ0n) is 9.95. The molecule has 0 atom stereocenters. The van der Waals surface area contributed by atoms with E-state index in [1.165, 1.54) is 25.4 Å². The van der Waals surface area contributed by atoms with Gasteiger partial charge in [-0.25, -0.2) is 14.4 Å². The third-order valence-corrected chi connectivity index (χ3v) is 2.62. The van der Waals surface area contributed by atoms with Gasteiger partial charge in [-0.1, -0.05) is 6.07 Å². The molecule has 0 radical (unpaired) electrons. The summed E-state index contributed by atoms with van der Waals surface area (Å²) in [5.74, 6) is -1.67. The summed E-state index contributed by atoms with van der Waals surface area (Å²) in [5, 5.41) is 2.90. The second kappa shape index (κ2) is 5.79. The number of rotatable bonds is 4. The van der Waals surface area contributed by atoms with Crippen molar-refractivity contribution in [2.24, 2.45) is 0 Å². The summed E-state index contributed by atoms with van der Waals surface area (Å²) >= 11 is 5.61. The number of nitrogens with one attached hydrogen (secondary N) is 1. The quantitative estimate of drug-likeness (QED) is 0.877. The number of ether oxygens (including phenoxy) is 1. The number of hydrogen-bond donors (Lipinski definition) is 1. The van der Waals surface area contributed by atoms with Crippen molar-refractivity contribution in [2.45, 2.75) is 6.54 Å². The van der Waals surface area contributed by atoms with Gasteiger partial charge in [0.1, 0.15) is 5.82 Å². The summed E-state index contributed by atoms with van der Waals surface area (Å²) in [5.41, 5.74) is 0.160. The molecule has 0 saturated carbocycles. The molecule has 1 heterocycles. The Kier molecular flexibility index (Phi) is 4.11. The summed E-state index contributed by atoms with van der Waals surface area (Å²) in [7, 11) is 1.28. The van der Waals surface area contributed by atoms with E-state index in [0.717, 1.165) is 0 Å². The van der Waals surface area contributed by atoms with Crippen molar-refractivity contribution < 1.29 is 13.5 Å². The van der Waals surface area contributed by atoms with Crippen LogP contribution in [0.1, 0.15) is 5.56 Å². The largest absolute Gasteiger partial charge is 0.494 e. The fourth-order valence-corrected chi connectivity index (χ4v) is 1.63. The minimum absolute atomic E-state index is 0.0695. The highest BCUT2D eigenvalue weighted by Crippen LogP contribution is 2.22. The Balaban J connectivity index is 2.14. The van der Waals surface area contributed by atoms with Crippen LogP contribution < -0.4 is 10.1 Å². The molecule has 2 rings (SSSR count). The summed E-state index contributed by atoms with van der Waals surface area (Å²) in [6.45, 7) is 0.0695. The molecule has 1 aromatic heterocycles. The van der Waals surface area contributed by atoms with Crippen LogP contribution in [0.2, 0.25) is 5.28 Å². The van der Waals surface area contributed by atoms with Gasteiger partial charge in [0.25, 0.3) is 0 Å². The van der Waals surface area contributed by atoms with E-state index in [2.05, 4.69) is 20.0 Å². The first-order chi connectivity index (χ1) is 9.11. The van der Waals surface area contributed by atoms with Crippen LogP contribution in [0.3, 0.4) is 0 Å². The van der Waals surface area contributed by atoms with Crippen LogP contribution in [-0.4, -0.2) is 17.1 Å². The number of halogens is 3. The highest BCUT2D eigenvalue weighted by molar-refractivity contribution is 6.28. The smallest absolute Gasteiger partial charge is 0.224 e. The summed E-state index contributed by atoms with van der Waals surface area (Å²) < 4.78 is 31.8. The van der Waals surface area contributed by atoms with E-state index in [0.29, 0.717) is 5.82 Å². The molecule has 2 aromatic rings. The van der Waals surface area contributed by atoms with Gasteiger partial charge in [-0.15, -0.1) is 0 Å². The van der Waals surface area contributed by atoms with Crippen LogP contribution in [0.4, 0.5) is 14.6 Å². The van der Waals surface area contributed by atoms with Crippen LogP contribution >= 0.6 is 11.6 Å². The molecule has 0 aliphatic rings. The van der Waals surface area contributed by atoms with Gasteiger partial charge in [0, 0.05) is 18.3 Å². The molecule has 0 unspecified atom stereocenters. The minimum atomic E-state index is -1.01. The molecule has 7 heteroatoms. The van der Waals surface area contributed by atoms with E-state index >= 15 is 0 Å². The molecule has 0 saturated heterocycles. The molecule has 19 heavy (non-hydrogen) atoms. The molecule has 4 nitrogen and oxygen atoms in total. The Labute approximate surface area is 113 Å². The number of methoxy groups -OCH3 is 1. The fourth-order valence-electron chi connectivity index (χ4n) is 1.49. The number of hydrogen-bond acceptors (Lipinski definition) is 4. The molecule has 0 aliphatic heterocycles. The van der Waals surface area contributed by atoms with E-state index in [9.17, 15) is 8.78 Å². The molecule has 100 valence electrons. The summed E-state index contributed by atoms with van der Waals surface area (Å²) in [6.07, 6.45) is 1.46. The van der Waals surface area contributed by atoms with E-state index in [1.54, 1.807) is 6.07 Å². The normalized spacial score (nSPS) is 10.3. The van der Waals surface area contributed by atoms with Crippen LogP contribution in [0.5, 0.6) is 5.75 Å².